The van der Waals surface area contributed by atoms with E-state index in [1.165, 1.54) is 5.56 Å². The molecule has 0 saturated carbocycles. The van der Waals surface area contributed by atoms with Gasteiger partial charge in [0, 0.05) is 80.5 Å². The van der Waals surface area contributed by atoms with Crippen molar-refractivity contribution in [3.05, 3.63) is 92.8 Å². The lowest BCUT2D eigenvalue weighted by atomic mass is 9.94. The van der Waals surface area contributed by atoms with E-state index in [1.807, 2.05) is 37.6 Å². The van der Waals surface area contributed by atoms with E-state index in [0.29, 0.717) is 18.5 Å². The molecule has 3 heterocycles. The lowest BCUT2D eigenvalue weighted by molar-refractivity contribution is -0.386. The molecule has 35 heavy (non-hydrogen) atoms. The summed E-state index contributed by atoms with van der Waals surface area (Å²) in [7, 11) is 0. The van der Waals surface area contributed by atoms with Crippen LogP contribution >= 0.6 is 0 Å². The molecule has 0 radical (unpaired) electrons. The van der Waals surface area contributed by atoms with Crippen LogP contribution < -0.4 is 4.74 Å². The fraction of sp³-hybridized carbons (Fsp3) is 0.370. The Hall–Kier alpha value is -3.49. The van der Waals surface area contributed by atoms with Gasteiger partial charge in [-0.1, -0.05) is 12.1 Å². The minimum Gasteiger partial charge on any atom is -0.461 e. The smallest absolute Gasteiger partial charge is 0.277 e. The zero-order valence-corrected chi connectivity index (χ0v) is 20.5. The van der Waals surface area contributed by atoms with Crippen molar-refractivity contribution in [3.63, 3.8) is 0 Å². The number of hydrogen-bond acceptors (Lipinski definition) is 6. The van der Waals surface area contributed by atoms with Gasteiger partial charge in [-0.3, -0.25) is 19.9 Å². The first-order chi connectivity index (χ1) is 16.9. The second kappa shape index (κ2) is 9.64. The van der Waals surface area contributed by atoms with E-state index < -0.39 is 0 Å². The molecular formula is C27H31N5O3. The number of rotatable bonds is 6. The van der Waals surface area contributed by atoms with Crippen LogP contribution in [0.15, 0.2) is 54.8 Å². The number of hydrogen-bond donors (Lipinski definition) is 0. The molecule has 2 aromatic carbocycles. The zero-order chi connectivity index (χ0) is 24.5. The molecule has 182 valence electrons. The van der Waals surface area contributed by atoms with E-state index in [2.05, 4.69) is 39.0 Å². The van der Waals surface area contributed by atoms with Gasteiger partial charge in [-0.05, 0) is 44.5 Å². The maximum Gasteiger partial charge on any atom is 0.277 e. The largest absolute Gasteiger partial charge is 0.461 e. The highest BCUT2D eigenvalue weighted by Crippen LogP contribution is 2.44. The highest BCUT2D eigenvalue weighted by atomic mass is 16.6. The number of imidazole rings is 1. The monoisotopic (exact) mass is 473 g/mol. The average Bonchev–Trinajstić information content (AvgIpc) is 3.54. The quantitative estimate of drug-likeness (QED) is 0.386. The van der Waals surface area contributed by atoms with Gasteiger partial charge < -0.3 is 9.30 Å². The van der Waals surface area contributed by atoms with Crippen molar-refractivity contribution in [1.29, 1.82) is 0 Å². The van der Waals surface area contributed by atoms with Gasteiger partial charge in [0.1, 0.15) is 11.5 Å². The van der Waals surface area contributed by atoms with Crippen molar-refractivity contribution in [2.75, 3.05) is 26.2 Å². The van der Waals surface area contributed by atoms with Crippen LogP contribution in [0.3, 0.4) is 0 Å². The molecule has 0 spiro atoms. The summed E-state index contributed by atoms with van der Waals surface area (Å²) >= 11 is 0. The minimum atomic E-state index is -0.213. The number of nitro benzene ring substituents is 1. The van der Waals surface area contributed by atoms with Gasteiger partial charge in [0.15, 0.2) is 0 Å². The number of nitro groups is 1. The van der Waals surface area contributed by atoms with Gasteiger partial charge in [-0.25, -0.2) is 4.98 Å². The molecule has 0 atom stereocenters. The highest BCUT2D eigenvalue weighted by Gasteiger charge is 2.33. The molecule has 8 nitrogen and oxygen atoms in total. The topological polar surface area (TPSA) is 76.7 Å². The number of aromatic nitrogens is 2. The molecule has 0 aliphatic carbocycles. The number of benzene rings is 2. The summed E-state index contributed by atoms with van der Waals surface area (Å²) in [5.74, 6) is 1.68. The molecule has 2 aliphatic heterocycles. The second-order valence-corrected chi connectivity index (χ2v) is 9.36. The van der Waals surface area contributed by atoms with Crippen LogP contribution in [0.4, 0.5) is 5.69 Å². The van der Waals surface area contributed by atoms with E-state index in [0.717, 1.165) is 66.6 Å². The Balaban J connectivity index is 1.27. The van der Waals surface area contributed by atoms with Gasteiger partial charge in [0.05, 0.1) is 16.8 Å². The summed E-state index contributed by atoms with van der Waals surface area (Å²) < 4.78 is 8.05. The SMILES string of the molecule is C/C=C1/Cc2c(CN3CCN(Cc4ccc(-n5ccnc5)cc4)CC3)c([N+](=O)[O-])c(C)c(C)c2O1. The lowest BCUT2D eigenvalue weighted by Crippen LogP contribution is -2.45. The normalized spacial score (nSPS) is 17.5. The first-order valence-electron chi connectivity index (χ1n) is 12.1. The fourth-order valence-corrected chi connectivity index (χ4v) is 5.10. The van der Waals surface area contributed by atoms with Crippen LogP contribution in [0, 0.1) is 24.0 Å². The van der Waals surface area contributed by atoms with E-state index in [-0.39, 0.29) is 10.6 Å². The molecule has 1 saturated heterocycles. The van der Waals surface area contributed by atoms with Crippen molar-refractivity contribution >= 4 is 5.69 Å². The third-order valence-corrected chi connectivity index (χ3v) is 7.26. The molecule has 0 amide bonds. The first kappa shape index (κ1) is 23.3. The molecular weight excluding hydrogens is 442 g/mol. The molecule has 5 rings (SSSR count). The van der Waals surface area contributed by atoms with E-state index in [4.69, 9.17) is 4.74 Å². The third kappa shape index (κ3) is 4.59. The Morgan fingerprint density at radius 1 is 1.06 bits per heavy atom. The average molecular weight is 474 g/mol. The van der Waals surface area contributed by atoms with Crippen molar-refractivity contribution in [1.82, 2.24) is 19.4 Å². The molecule has 0 unspecified atom stereocenters. The first-order valence-corrected chi connectivity index (χ1v) is 12.1. The van der Waals surface area contributed by atoms with Gasteiger partial charge >= 0.3 is 0 Å². The Bertz CT molecular complexity index is 1260. The second-order valence-electron chi connectivity index (χ2n) is 9.36. The molecule has 1 fully saturated rings. The van der Waals surface area contributed by atoms with Crippen molar-refractivity contribution < 1.29 is 9.66 Å². The molecule has 2 aliphatic rings. The maximum absolute atomic E-state index is 12.1. The number of piperazine rings is 1. The van der Waals surface area contributed by atoms with Crippen LogP contribution in [-0.4, -0.2) is 50.5 Å². The van der Waals surface area contributed by atoms with E-state index in [9.17, 15) is 10.1 Å². The van der Waals surface area contributed by atoms with Crippen LogP contribution in [0.2, 0.25) is 0 Å². The van der Waals surface area contributed by atoms with Crippen molar-refractivity contribution in [3.8, 4) is 11.4 Å². The number of nitrogens with zero attached hydrogens (tertiary/aromatic N) is 5. The minimum absolute atomic E-state index is 0.213. The van der Waals surface area contributed by atoms with Gasteiger partial charge in [0.2, 0.25) is 0 Å². The summed E-state index contributed by atoms with van der Waals surface area (Å²) in [6, 6.07) is 8.58. The highest BCUT2D eigenvalue weighted by molar-refractivity contribution is 5.64. The van der Waals surface area contributed by atoms with Crippen LogP contribution in [-0.2, 0) is 19.5 Å². The summed E-state index contributed by atoms with van der Waals surface area (Å²) in [6.07, 6.45) is 8.09. The van der Waals surface area contributed by atoms with Gasteiger partial charge in [0.25, 0.3) is 5.69 Å². The molecule has 0 N–H and O–H groups in total. The predicted octanol–water partition coefficient (Wildman–Crippen LogP) is 4.55. The summed E-state index contributed by atoms with van der Waals surface area (Å²) in [6.45, 7) is 10.8. The summed E-state index contributed by atoms with van der Waals surface area (Å²) in [4.78, 5) is 20.7. The zero-order valence-electron chi connectivity index (χ0n) is 20.5. The Labute approximate surface area is 205 Å². The number of fused-ring (bicyclic) bond motifs is 1. The van der Waals surface area contributed by atoms with Gasteiger partial charge in [-0.2, -0.15) is 0 Å². The van der Waals surface area contributed by atoms with E-state index in [1.54, 1.807) is 12.5 Å². The lowest BCUT2D eigenvalue weighted by Gasteiger charge is -2.35. The number of ether oxygens (including phenoxy) is 1. The van der Waals surface area contributed by atoms with Crippen LogP contribution in [0.5, 0.6) is 5.75 Å². The fourth-order valence-electron chi connectivity index (χ4n) is 5.10. The molecule has 3 aromatic rings. The number of allylic oxidation sites excluding steroid dienone is 2. The Morgan fingerprint density at radius 2 is 1.74 bits per heavy atom. The summed E-state index contributed by atoms with van der Waals surface area (Å²) in [5.41, 5.74) is 6.00. The predicted molar refractivity (Wildman–Crippen MR) is 135 cm³/mol. The molecule has 8 heteroatoms. The Morgan fingerprint density at radius 3 is 2.34 bits per heavy atom. The maximum atomic E-state index is 12.1. The van der Waals surface area contributed by atoms with Crippen LogP contribution in [0.25, 0.3) is 5.69 Å². The van der Waals surface area contributed by atoms with Crippen molar-refractivity contribution in [2.45, 2.75) is 40.3 Å². The van der Waals surface area contributed by atoms with Gasteiger partial charge in [-0.15, -0.1) is 0 Å². The van der Waals surface area contributed by atoms with Crippen molar-refractivity contribution in [2.24, 2.45) is 0 Å². The standard InChI is InChI=1S/C27H31N5O3/c1-4-23-15-24-25(26(32(33)34)19(2)20(3)27(24)35-23)17-30-13-11-29(12-14-30)16-21-5-7-22(8-6-21)31-10-9-28-18-31/h4-10,18H,11-17H2,1-3H3/b23-4-. The molecule has 1 aromatic heterocycles. The Kier molecular flexibility index (Phi) is 6.40. The van der Waals surface area contributed by atoms with Crippen LogP contribution in [0.1, 0.15) is 34.7 Å². The molecule has 0 bridgehead atoms. The van der Waals surface area contributed by atoms with E-state index >= 15 is 0 Å². The summed E-state index contributed by atoms with van der Waals surface area (Å²) in [5, 5.41) is 12.1. The third-order valence-electron chi connectivity index (χ3n) is 7.26.